The summed E-state index contributed by atoms with van der Waals surface area (Å²) in [6.07, 6.45) is 0.688. The molecular formula is C22H18ClFN2. The Balaban J connectivity index is 1.83. The molecule has 0 atom stereocenters. The number of rotatable bonds is 4. The van der Waals surface area contributed by atoms with E-state index in [0.29, 0.717) is 23.6 Å². The van der Waals surface area contributed by atoms with Gasteiger partial charge in [-0.2, -0.15) is 0 Å². The predicted molar refractivity (Wildman–Crippen MR) is 104 cm³/mol. The van der Waals surface area contributed by atoms with Crippen molar-refractivity contribution >= 4 is 22.6 Å². The second kappa shape index (κ2) is 6.93. The second-order valence-corrected chi connectivity index (χ2v) is 6.81. The summed E-state index contributed by atoms with van der Waals surface area (Å²) in [5, 5.41) is 0.435. The highest BCUT2D eigenvalue weighted by Gasteiger charge is 2.15. The summed E-state index contributed by atoms with van der Waals surface area (Å²) in [7, 11) is 0. The van der Waals surface area contributed by atoms with E-state index in [0.717, 1.165) is 16.9 Å². The van der Waals surface area contributed by atoms with Gasteiger partial charge in [0.15, 0.2) is 0 Å². The fourth-order valence-corrected chi connectivity index (χ4v) is 3.48. The van der Waals surface area contributed by atoms with E-state index in [1.54, 1.807) is 12.1 Å². The molecule has 4 heteroatoms. The van der Waals surface area contributed by atoms with E-state index < -0.39 is 0 Å². The van der Waals surface area contributed by atoms with Crippen LogP contribution in [0.2, 0.25) is 5.02 Å². The lowest BCUT2D eigenvalue weighted by molar-refractivity contribution is 0.598. The van der Waals surface area contributed by atoms with Gasteiger partial charge in [0.1, 0.15) is 11.6 Å². The number of benzene rings is 3. The summed E-state index contributed by atoms with van der Waals surface area (Å²) in [6, 6.07) is 21.0. The molecule has 0 aliphatic rings. The first-order chi connectivity index (χ1) is 12.6. The minimum absolute atomic E-state index is 0.294. The van der Waals surface area contributed by atoms with Gasteiger partial charge in [0.25, 0.3) is 0 Å². The van der Waals surface area contributed by atoms with Crippen LogP contribution in [0, 0.1) is 12.7 Å². The largest absolute Gasteiger partial charge is 0.323 e. The Labute approximate surface area is 156 Å². The van der Waals surface area contributed by atoms with Gasteiger partial charge in [-0.25, -0.2) is 9.37 Å². The van der Waals surface area contributed by atoms with Crippen LogP contribution < -0.4 is 0 Å². The molecule has 0 spiro atoms. The lowest BCUT2D eigenvalue weighted by Gasteiger charge is -2.12. The molecular weight excluding hydrogens is 347 g/mol. The minimum atomic E-state index is -0.294. The summed E-state index contributed by atoms with van der Waals surface area (Å²) in [5.74, 6) is 0.608. The fourth-order valence-electron chi connectivity index (χ4n) is 3.26. The number of hydrogen-bond acceptors (Lipinski definition) is 1. The van der Waals surface area contributed by atoms with Gasteiger partial charge in [-0.05, 0) is 42.3 Å². The Kier molecular flexibility index (Phi) is 4.48. The van der Waals surface area contributed by atoms with Crippen LogP contribution in [0.4, 0.5) is 4.39 Å². The summed E-state index contributed by atoms with van der Waals surface area (Å²) in [6.45, 7) is 2.45. The van der Waals surface area contributed by atoms with Crippen molar-refractivity contribution in [3.8, 4) is 0 Å². The smallest absolute Gasteiger partial charge is 0.129 e. The molecule has 1 aromatic heterocycles. The number of imidazole rings is 1. The van der Waals surface area contributed by atoms with Gasteiger partial charge in [0.2, 0.25) is 0 Å². The monoisotopic (exact) mass is 364 g/mol. The van der Waals surface area contributed by atoms with Crippen LogP contribution in [0.1, 0.15) is 22.5 Å². The van der Waals surface area contributed by atoms with E-state index in [1.165, 1.54) is 17.2 Å². The van der Waals surface area contributed by atoms with E-state index >= 15 is 0 Å². The van der Waals surface area contributed by atoms with Crippen LogP contribution in [0.15, 0.2) is 66.7 Å². The highest BCUT2D eigenvalue weighted by Crippen LogP contribution is 2.25. The molecule has 3 aromatic carbocycles. The first-order valence-electron chi connectivity index (χ1n) is 8.55. The van der Waals surface area contributed by atoms with E-state index in [2.05, 4.69) is 23.6 Å². The van der Waals surface area contributed by atoms with Crippen LogP contribution in [0.3, 0.4) is 0 Å². The summed E-state index contributed by atoms with van der Waals surface area (Å²) in [5.41, 5.74) is 4.81. The predicted octanol–water partition coefficient (Wildman–Crippen LogP) is 5.78. The van der Waals surface area contributed by atoms with Gasteiger partial charge in [-0.3, -0.25) is 0 Å². The fraction of sp³-hybridized carbons (Fsp3) is 0.136. The van der Waals surface area contributed by atoms with Crippen LogP contribution >= 0.6 is 11.6 Å². The standard InChI is InChI=1S/C22H18ClFN2/c1-15-7-2-3-8-16(15)13-22-25-20-11-4-5-12-21(20)26(22)14-17-18(23)9-6-10-19(17)24/h2-12H,13-14H2,1H3. The number of fused-ring (bicyclic) bond motifs is 1. The van der Waals surface area contributed by atoms with Crippen LogP contribution in [0.25, 0.3) is 11.0 Å². The number of para-hydroxylation sites is 2. The number of aromatic nitrogens is 2. The van der Waals surface area contributed by atoms with Crippen molar-refractivity contribution in [1.29, 1.82) is 0 Å². The van der Waals surface area contributed by atoms with Gasteiger partial charge < -0.3 is 4.57 Å². The maximum absolute atomic E-state index is 14.3. The SMILES string of the molecule is Cc1ccccc1Cc1nc2ccccc2n1Cc1c(F)cccc1Cl. The van der Waals surface area contributed by atoms with Crippen molar-refractivity contribution in [1.82, 2.24) is 9.55 Å². The Bertz CT molecular complexity index is 1060. The average Bonchev–Trinajstić information content (AvgIpc) is 2.97. The Morgan fingerprint density at radius 2 is 1.73 bits per heavy atom. The van der Waals surface area contributed by atoms with Gasteiger partial charge in [0, 0.05) is 17.0 Å². The van der Waals surface area contributed by atoms with Crippen molar-refractivity contribution in [2.24, 2.45) is 0 Å². The van der Waals surface area contributed by atoms with E-state index in [-0.39, 0.29) is 5.82 Å². The minimum Gasteiger partial charge on any atom is -0.323 e. The first-order valence-corrected chi connectivity index (χ1v) is 8.93. The second-order valence-electron chi connectivity index (χ2n) is 6.41. The molecule has 0 saturated heterocycles. The van der Waals surface area contributed by atoms with Gasteiger partial charge in [-0.1, -0.05) is 54.1 Å². The lowest BCUT2D eigenvalue weighted by atomic mass is 10.1. The molecule has 0 saturated carbocycles. The van der Waals surface area contributed by atoms with Crippen LogP contribution in [-0.2, 0) is 13.0 Å². The quantitative estimate of drug-likeness (QED) is 0.449. The topological polar surface area (TPSA) is 17.8 Å². The number of aryl methyl sites for hydroxylation is 1. The maximum Gasteiger partial charge on any atom is 0.129 e. The van der Waals surface area contributed by atoms with Crippen molar-refractivity contribution in [3.05, 3.63) is 100 Å². The third kappa shape index (κ3) is 3.11. The molecule has 0 N–H and O–H groups in total. The van der Waals surface area contributed by atoms with Crippen molar-refractivity contribution < 1.29 is 4.39 Å². The molecule has 4 aromatic rings. The highest BCUT2D eigenvalue weighted by molar-refractivity contribution is 6.31. The van der Waals surface area contributed by atoms with Crippen molar-refractivity contribution in [2.75, 3.05) is 0 Å². The summed E-state index contributed by atoms with van der Waals surface area (Å²) < 4.78 is 16.4. The van der Waals surface area contributed by atoms with E-state index in [9.17, 15) is 4.39 Å². The lowest BCUT2D eigenvalue weighted by Crippen LogP contribution is -2.08. The molecule has 130 valence electrons. The molecule has 2 nitrogen and oxygen atoms in total. The Morgan fingerprint density at radius 3 is 2.54 bits per heavy atom. The van der Waals surface area contributed by atoms with E-state index in [4.69, 9.17) is 16.6 Å². The van der Waals surface area contributed by atoms with E-state index in [1.807, 2.05) is 36.4 Å². The van der Waals surface area contributed by atoms with Gasteiger partial charge >= 0.3 is 0 Å². The third-order valence-corrected chi connectivity index (χ3v) is 5.08. The van der Waals surface area contributed by atoms with Crippen LogP contribution in [-0.4, -0.2) is 9.55 Å². The van der Waals surface area contributed by atoms with Gasteiger partial charge in [0.05, 0.1) is 17.6 Å². The Hall–Kier alpha value is -2.65. The number of halogens is 2. The zero-order valence-electron chi connectivity index (χ0n) is 14.4. The zero-order valence-corrected chi connectivity index (χ0v) is 15.2. The number of hydrogen-bond donors (Lipinski definition) is 0. The molecule has 0 radical (unpaired) electrons. The highest BCUT2D eigenvalue weighted by atomic mass is 35.5. The summed E-state index contributed by atoms with van der Waals surface area (Å²) in [4.78, 5) is 4.80. The maximum atomic E-state index is 14.3. The molecule has 26 heavy (non-hydrogen) atoms. The average molecular weight is 365 g/mol. The molecule has 1 heterocycles. The normalized spacial score (nSPS) is 11.2. The molecule has 0 aliphatic heterocycles. The Morgan fingerprint density at radius 1 is 0.962 bits per heavy atom. The van der Waals surface area contributed by atoms with Gasteiger partial charge in [-0.15, -0.1) is 0 Å². The van der Waals surface area contributed by atoms with Crippen LogP contribution in [0.5, 0.6) is 0 Å². The molecule has 0 bridgehead atoms. The molecule has 0 amide bonds. The zero-order chi connectivity index (χ0) is 18.1. The third-order valence-electron chi connectivity index (χ3n) is 4.72. The van der Waals surface area contributed by atoms with Crippen molar-refractivity contribution in [2.45, 2.75) is 19.9 Å². The molecule has 4 rings (SSSR count). The summed E-state index contributed by atoms with van der Waals surface area (Å²) >= 11 is 6.26. The molecule has 0 aliphatic carbocycles. The first kappa shape index (κ1) is 16.8. The molecule has 0 fully saturated rings. The number of nitrogens with zero attached hydrogens (tertiary/aromatic N) is 2. The molecule has 0 unspecified atom stereocenters. The van der Waals surface area contributed by atoms with Crippen molar-refractivity contribution in [3.63, 3.8) is 0 Å².